The molecule has 1 aromatic carbocycles. The maximum absolute atomic E-state index is 13.5. The minimum Gasteiger partial charge on any atom is -0.478 e. The first-order chi connectivity index (χ1) is 9.97. The van der Waals surface area contributed by atoms with E-state index in [-0.39, 0.29) is 17.3 Å². The second-order valence-electron chi connectivity index (χ2n) is 6.46. The molecule has 2 aliphatic carbocycles. The van der Waals surface area contributed by atoms with Gasteiger partial charge in [-0.15, -0.1) is 0 Å². The van der Waals surface area contributed by atoms with Gasteiger partial charge < -0.3 is 16.2 Å². The van der Waals surface area contributed by atoms with Crippen molar-refractivity contribution in [2.75, 3.05) is 11.1 Å². The van der Waals surface area contributed by atoms with Crippen molar-refractivity contribution in [2.24, 2.45) is 17.8 Å². The van der Waals surface area contributed by atoms with Gasteiger partial charge >= 0.3 is 5.97 Å². The smallest absolute Gasteiger partial charge is 0.340 e. The van der Waals surface area contributed by atoms with E-state index in [0.29, 0.717) is 11.6 Å². The summed E-state index contributed by atoms with van der Waals surface area (Å²) in [6.45, 7) is 2.08. The monoisotopic (exact) mass is 292 g/mol. The number of carboxylic acid groups (broad SMARTS) is 1. The van der Waals surface area contributed by atoms with Crippen LogP contribution in [0.2, 0.25) is 0 Å². The van der Waals surface area contributed by atoms with Crippen LogP contribution in [0.1, 0.15) is 43.0 Å². The van der Waals surface area contributed by atoms with Gasteiger partial charge in [-0.25, -0.2) is 9.18 Å². The molecule has 114 valence electrons. The quantitative estimate of drug-likeness (QED) is 0.744. The Morgan fingerprint density at radius 3 is 2.76 bits per heavy atom. The lowest BCUT2D eigenvalue weighted by atomic mass is 9.84. The number of halogens is 1. The van der Waals surface area contributed by atoms with Gasteiger partial charge in [-0.3, -0.25) is 0 Å². The van der Waals surface area contributed by atoms with Crippen LogP contribution in [-0.4, -0.2) is 17.1 Å². The molecular formula is C16H21FN2O2. The first-order valence-corrected chi connectivity index (χ1v) is 7.55. The molecule has 2 fully saturated rings. The SMILES string of the molecule is CC(Nc1ccc(F)c(N)c1C(=O)O)C1CC2CCC1C2. The van der Waals surface area contributed by atoms with E-state index < -0.39 is 11.8 Å². The lowest BCUT2D eigenvalue weighted by Gasteiger charge is -2.29. The largest absolute Gasteiger partial charge is 0.478 e. The first-order valence-electron chi connectivity index (χ1n) is 7.55. The van der Waals surface area contributed by atoms with Crippen molar-refractivity contribution < 1.29 is 14.3 Å². The maximum atomic E-state index is 13.5. The number of aromatic carboxylic acids is 1. The third-order valence-electron chi connectivity index (χ3n) is 5.22. The van der Waals surface area contributed by atoms with Crippen LogP contribution >= 0.6 is 0 Å². The number of benzene rings is 1. The van der Waals surface area contributed by atoms with Gasteiger partial charge in [0.1, 0.15) is 11.4 Å². The number of carbonyl (C=O) groups is 1. The second-order valence-corrected chi connectivity index (χ2v) is 6.46. The number of anilines is 2. The average molecular weight is 292 g/mol. The summed E-state index contributed by atoms with van der Waals surface area (Å²) in [6, 6.07) is 2.86. The highest BCUT2D eigenvalue weighted by Gasteiger charge is 2.42. The molecule has 4 atom stereocenters. The van der Waals surface area contributed by atoms with Crippen LogP contribution < -0.4 is 11.1 Å². The highest BCUT2D eigenvalue weighted by molar-refractivity contribution is 6.00. The Morgan fingerprint density at radius 2 is 2.19 bits per heavy atom. The summed E-state index contributed by atoms with van der Waals surface area (Å²) in [6.07, 6.45) is 5.11. The van der Waals surface area contributed by atoms with Gasteiger partial charge in [0.25, 0.3) is 0 Å². The highest BCUT2D eigenvalue weighted by atomic mass is 19.1. The fraction of sp³-hybridized carbons (Fsp3) is 0.562. The molecule has 2 aliphatic rings. The van der Waals surface area contributed by atoms with Crippen LogP contribution in [0.5, 0.6) is 0 Å². The predicted octanol–water partition coefficient (Wildman–Crippen LogP) is 3.34. The molecule has 0 amide bonds. The third kappa shape index (κ3) is 2.45. The third-order valence-corrected chi connectivity index (χ3v) is 5.22. The predicted molar refractivity (Wildman–Crippen MR) is 79.8 cm³/mol. The Bertz CT molecular complexity index is 576. The molecule has 4 nitrogen and oxygen atoms in total. The second kappa shape index (κ2) is 5.20. The fourth-order valence-corrected chi connectivity index (χ4v) is 4.20. The van der Waals surface area contributed by atoms with E-state index in [0.717, 1.165) is 11.8 Å². The number of rotatable bonds is 4. The summed E-state index contributed by atoms with van der Waals surface area (Å²) in [4.78, 5) is 11.3. The molecule has 0 aromatic heterocycles. The number of nitrogens with two attached hydrogens (primary N) is 1. The summed E-state index contributed by atoms with van der Waals surface area (Å²) < 4.78 is 13.5. The molecule has 0 aliphatic heterocycles. The van der Waals surface area contributed by atoms with E-state index in [9.17, 15) is 14.3 Å². The van der Waals surface area contributed by atoms with Gasteiger partial charge in [0.2, 0.25) is 0 Å². The number of fused-ring (bicyclic) bond motifs is 2. The number of nitrogens with one attached hydrogen (secondary N) is 1. The zero-order valence-corrected chi connectivity index (χ0v) is 12.1. The molecule has 4 unspecified atom stereocenters. The number of hydrogen-bond donors (Lipinski definition) is 3. The number of hydrogen-bond acceptors (Lipinski definition) is 3. The summed E-state index contributed by atoms with van der Waals surface area (Å²) in [7, 11) is 0. The van der Waals surface area contributed by atoms with Gasteiger partial charge in [0, 0.05) is 6.04 Å². The molecule has 4 N–H and O–H groups in total. The van der Waals surface area contributed by atoms with Crippen molar-refractivity contribution in [3.8, 4) is 0 Å². The Labute approximate surface area is 123 Å². The van der Waals surface area contributed by atoms with Crippen LogP contribution in [0.15, 0.2) is 12.1 Å². The van der Waals surface area contributed by atoms with E-state index >= 15 is 0 Å². The van der Waals surface area contributed by atoms with Crippen LogP contribution in [0, 0.1) is 23.6 Å². The van der Waals surface area contributed by atoms with Gasteiger partial charge in [-0.2, -0.15) is 0 Å². The lowest BCUT2D eigenvalue weighted by Crippen LogP contribution is -2.30. The Hall–Kier alpha value is -1.78. The highest BCUT2D eigenvalue weighted by Crippen LogP contribution is 2.50. The molecule has 2 bridgehead atoms. The zero-order valence-electron chi connectivity index (χ0n) is 12.1. The molecule has 5 heteroatoms. The maximum Gasteiger partial charge on any atom is 0.340 e. The molecule has 0 spiro atoms. The molecule has 21 heavy (non-hydrogen) atoms. The lowest BCUT2D eigenvalue weighted by molar-refractivity contribution is 0.0698. The molecular weight excluding hydrogens is 271 g/mol. The van der Waals surface area contributed by atoms with Gasteiger partial charge in [0.05, 0.1) is 11.4 Å². The van der Waals surface area contributed by atoms with E-state index in [4.69, 9.17) is 5.73 Å². The molecule has 3 rings (SSSR count). The van der Waals surface area contributed by atoms with Crippen molar-refractivity contribution in [3.05, 3.63) is 23.5 Å². The first kappa shape index (κ1) is 14.2. The van der Waals surface area contributed by atoms with E-state index in [2.05, 4.69) is 12.2 Å². The van der Waals surface area contributed by atoms with Crippen LogP contribution in [-0.2, 0) is 0 Å². The molecule has 0 saturated heterocycles. The molecule has 2 saturated carbocycles. The van der Waals surface area contributed by atoms with Crippen LogP contribution in [0.25, 0.3) is 0 Å². The number of carboxylic acids is 1. The van der Waals surface area contributed by atoms with Crippen LogP contribution in [0.3, 0.4) is 0 Å². The minimum atomic E-state index is -1.20. The van der Waals surface area contributed by atoms with Gasteiger partial charge in [-0.05, 0) is 56.1 Å². The van der Waals surface area contributed by atoms with E-state index in [1.165, 1.54) is 37.8 Å². The topological polar surface area (TPSA) is 75.3 Å². The summed E-state index contributed by atoms with van der Waals surface area (Å²) in [5.74, 6) is 0.252. The van der Waals surface area contributed by atoms with Crippen molar-refractivity contribution in [1.82, 2.24) is 0 Å². The molecule has 1 aromatic rings. The summed E-state index contributed by atoms with van der Waals surface area (Å²) in [5.41, 5.74) is 5.53. The van der Waals surface area contributed by atoms with Crippen molar-refractivity contribution in [3.63, 3.8) is 0 Å². The molecule has 0 radical (unpaired) electrons. The number of nitrogen functional groups attached to an aromatic ring is 1. The summed E-state index contributed by atoms with van der Waals surface area (Å²) in [5, 5.41) is 12.5. The Morgan fingerprint density at radius 1 is 1.43 bits per heavy atom. The standard InChI is InChI=1S/C16H21FN2O2/c1-8(11-7-9-2-3-10(11)6-9)19-13-5-4-12(17)15(18)14(13)16(20)21/h4-5,8-11,19H,2-3,6-7,18H2,1H3,(H,20,21). The van der Waals surface area contributed by atoms with Gasteiger partial charge in [-0.1, -0.05) is 6.42 Å². The fourth-order valence-electron chi connectivity index (χ4n) is 4.20. The van der Waals surface area contributed by atoms with E-state index in [1.807, 2.05) is 0 Å². The minimum absolute atomic E-state index is 0.162. The van der Waals surface area contributed by atoms with Crippen molar-refractivity contribution in [2.45, 2.75) is 38.6 Å². The van der Waals surface area contributed by atoms with Gasteiger partial charge in [0.15, 0.2) is 0 Å². The zero-order chi connectivity index (χ0) is 15.1. The normalized spacial score (nSPS) is 28.6. The molecule has 0 heterocycles. The Kier molecular flexibility index (Phi) is 3.51. The van der Waals surface area contributed by atoms with Crippen LogP contribution in [0.4, 0.5) is 15.8 Å². The Balaban J connectivity index is 1.81. The van der Waals surface area contributed by atoms with Crippen molar-refractivity contribution >= 4 is 17.3 Å². The van der Waals surface area contributed by atoms with Crippen molar-refractivity contribution in [1.29, 1.82) is 0 Å². The average Bonchev–Trinajstić information content (AvgIpc) is 3.05. The summed E-state index contributed by atoms with van der Waals surface area (Å²) >= 11 is 0. The van der Waals surface area contributed by atoms with E-state index in [1.54, 1.807) is 0 Å².